The molecule has 2 atom stereocenters. The number of urea groups is 1. The molecule has 0 radical (unpaired) electrons. The van der Waals surface area contributed by atoms with Crippen molar-refractivity contribution in [3.63, 3.8) is 0 Å². The number of anilines is 2. The highest BCUT2D eigenvalue weighted by atomic mass is 35.5. The van der Waals surface area contributed by atoms with E-state index in [9.17, 15) is 27.6 Å². The molecule has 2 amide bonds. The van der Waals surface area contributed by atoms with E-state index < -0.39 is 34.7 Å². The van der Waals surface area contributed by atoms with Crippen molar-refractivity contribution in [3.05, 3.63) is 90.3 Å². The number of hydrogen-bond donors (Lipinski definition) is 3. The number of methoxy groups -OCH3 is 1. The van der Waals surface area contributed by atoms with Gasteiger partial charge in [0, 0.05) is 62.0 Å². The van der Waals surface area contributed by atoms with Crippen LogP contribution in [-0.2, 0) is 26.7 Å². The average molecular weight is 797 g/mol. The van der Waals surface area contributed by atoms with E-state index in [4.69, 9.17) is 32.9 Å². The molecule has 3 aromatic heterocycles. The standard InChI is InChI=1S/C37H34Cl2F3N9O4/c1-49-30-26(32(52)50(2)35(49)54)29(46-33(47-30)37(40,41)42)44-22-9-5-7-20(28(22)39)19-6-4-8-21(27(19)38)23-16-18-10-11-24(25(18)31(45-23)55-3)51-15-13-36(17-51)12-14-43-34(53)48-36/h4-9,16,24H,10-15,17H2,1-3H3,(H2,43,48,53)(H,44,46,47)/t24-,36+/m1/s1. The molecular formula is C37H34Cl2F3N9O4. The smallest absolute Gasteiger partial charge is 0.451 e. The zero-order valence-corrected chi connectivity index (χ0v) is 31.3. The molecule has 5 heterocycles. The van der Waals surface area contributed by atoms with E-state index in [1.165, 1.54) is 20.2 Å². The van der Waals surface area contributed by atoms with Crippen LogP contribution in [0, 0.1) is 0 Å². The Labute approximate surface area is 321 Å². The number of pyridine rings is 1. The van der Waals surface area contributed by atoms with Gasteiger partial charge in [-0.1, -0.05) is 53.5 Å². The maximum atomic E-state index is 13.9. The number of halogens is 5. The number of nitrogens with zero attached hydrogens (tertiary/aromatic N) is 6. The highest BCUT2D eigenvalue weighted by molar-refractivity contribution is 6.39. The molecule has 0 bridgehead atoms. The van der Waals surface area contributed by atoms with Gasteiger partial charge in [0.15, 0.2) is 5.65 Å². The van der Waals surface area contributed by atoms with Crippen molar-refractivity contribution in [3.8, 4) is 28.3 Å². The van der Waals surface area contributed by atoms with E-state index in [0.717, 1.165) is 59.0 Å². The molecule has 2 aliphatic heterocycles. The number of nitrogens with one attached hydrogen (secondary N) is 3. The van der Waals surface area contributed by atoms with E-state index >= 15 is 0 Å². The first kappa shape index (κ1) is 36.8. The number of benzene rings is 2. The molecule has 8 rings (SSSR count). The lowest BCUT2D eigenvalue weighted by atomic mass is 9.93. The van der Waals surface area contributed by atoms with Gasteiger partial charge in [-0.3, -0.25) is 18.8 Å². The molecule has 3 N–H and O–H groups in total. The molecular weight excluding hydrogens is 762 g/mol. The number of likely N-dealkylation sites (tertiary alicyclic amines) is 1. The first-order valence-electron chi connectivity index (χ1n) is 17.5. The summed E-state index contributed by atoms with van der Waals surface area (Å²) in [5.74, 6) is -1.53. The molecule has 2 fully saturated rings. The Balaban J connectivity index is 1.15. The topological polar surface area (TPSA) is 148 Å². The Morgan fingerprint density at radius 3 is 2.42 bits per heavy atom. The van der Waals surface area contributed by atoms with Crippen LogP contribution in [0.25, 0.3) is 33.4 Å². The molecule has 1 spiro atoms. The second-order valence-electron chi connectivity index (χ2n) is 14.0. The first-order chi connectivity index (χ1) is 26.2. The minimum Gasteiger partial charge on any atom is -0.481 e. The van der Waals surface area contributed by atoms with Gasteiger partial charge in [0.25, 0.3) is 5.56 Å². The second kappa shape index (κ2) is 13.5. The summed E-state index contributed by atoms with van der Waals surface area (Å²) in [4.78, 5) is 52.4. The van der Waals surface area contributed by atoms with Crippen LogP contribution in [0.15, 0.2) is 52.1 Å². The highest BCUT2D eigenvalue weighted by Crippen LogP contribution is 2.47. The fourth-order valence-electron chi connectivity index (χ4n) is 8.06. The second-order valence-corrected chi connectivity index (χ2v) is 14.8. The van der Waals surface area contributed by atoms with Crippen LogP contribution < -0.4 is 31.9 Å². The van der Waals surface area contributed by atoms with Crippen LogP contribution in [0.5, 0.6) is 5.88 Å². The van der Waals surface area contributed by atoms with Crippen molar-refractivity contribution in [2.45, 2.75) is 43.4 Å². The lowest BCUT2D eigenvalue weighted by Gasteiger charge is -2.36. The van der Waals surface area contributed by atoms with Gasteiger partial charge in [-0.05, 0) is 43.4 Å². The Bertz CT molecular complexity index is 2540. The molecule has 55 heavy (non-hydrogen) atoms. The average Bonchev–Trinajstić information content (AvgIpc) is 3.77. The molecule has 286 valence electrons. The number of hydrogen-bond acceptors (Lipinski definition) is 9. The van der Waals surface area contributed by atoms with Crippen LogP contribution in [0.2, 0.25) is 10.0 Å². The summed E-state index contributed by atoms with van der Waals surface area (Å²) in [6.45, 7) is 2.23. The summed E-state index contributed by atoms with van der Waals surface area (Å²) in [5, 5.41) is 8.88. The minimum absolute atomic E-state index is 0.0813. The number of carbonyl (C=O) groups excluding carboxylic acids is 1. The number of carbonyl (C=O) groups is 1. The van der Waals surface area contributed by atoms with Crippen molar-refractivity contribution in [2.75, 3.05) is 32.1 Å². The van der Waals surface area contributed by atoms with Gasteiger partial charge in [0.2, 0.25) is 11.7 Å². The van der Waals surface area contributed by atoms with E-state index in [2.05, 4.69) is 30.8 Å². The highest BCUT2D eigenvalue weighted by Gasteiger charge is 2.45. The SMILES string of the molecule is COc1nc(-c2cccc(-c3cccc(Nc4nc(C(F)(F)F)nc5c4c(=O)n(C)c(=O)n5C)c3Cl)c2Cl)cc2c1[C@H](N1CC[C@@]3(CCNC(=O)N3)C1)CC2. The van der Waals surface area contributed by atoms with Crippen molar-refractivity contribution in [2.24, 2.45) is 14.1 Å². The predicted octanol–water partition coefficient (Wildman–Crippen LogP) is 5.97. The van der Waals surface area contributed by atoms with Crippen LogP contribution in [0.1, 0.15) is 42.3 Å². The van der Waals surface area contributed by atoms with Gasteiger partial charge in [-0.2, -0.15) is 13.2 Å². The Morgan fingerprint density at radius 1 is 0.964 bits per heavy atom. The van der Waals surface area contributed by atoms with Crippen LogP contribution >= 0.6 is 23.2 Å². The lowest BCUT2D eigenvalue weighted by Crippen LogP contribution is -2.59. The van der Waals surface area contributed by atoms with Crippen LogP contribution in [0.4, 0.5) is 29.5 Å². The van der Waals surface area contributed by atoms with Gasteiger partial charge in [0.1, 0.15) is 11.2 Å². The lowest BCUT2D eigenvalue weighted by molar-refractivity contribution is -0.144. The number of amides is 2. The van der Waals surface area contributed by atoms with Gasteiger partial charge < -0.3 is 20.7 Å². The molecule has 13 nitrogen and oxygen atoms in total. The van der Waals surface area contributed by atoms with Crippen molar-refractivity contribution < 1.29 is 22.7 Å². The summed E-state index contributed by atoms with van der Waals surface area (Å²) >= 11 is 14.1. The number of aromatic nitrogens is 5. The summed E-state index contributed by atoms with van der Waals surface area (Å²) < 4.78 is 49.3. The number of ether oxygens (including phenoxy) is 1. The van der Waals surface area contributed by atoms with Gasteiger partial charge >= 0.3 is 17.9 Å². The predicted molar refractivity (Wildman–Crippen MR) is 201 cm³/mol. The van der Waals surface area contributed by atoms with E-state index in [1.54, 1.807) is 31.4 Å². The van der Waals surface area contributed by atoms with E-state index in [1.807, 2.05) is 12.1 Å². The Hall–Kier alpha value is -5.19. The van der Waals surface area contributed by atoms with Gasteiger partial charge in [-0.15, -0.1) is 0 Å². The number of rotatable bonds is 6. The zero-order valence-electron chi connectivity index (χ0n) is 29.8. The Morgan fingerprint density at radius 2 is 1.69 bits per heavy atom. The third-order valence-electron chi connectivity index (χ3n) is 10.8. The molecule has 3 aliphatic rings. The molecule has 2 saturated heterocycles. The molecule has 5 aromatic rings. The largest absolute Gasteiger partial charge is 0.481 e. The first-order valence-corrected chi connectivity index (χ1v) is 18.2. The molecule has 1 aliphatic carbocycles. The third-order valence-corrected chi connectivity index (χ3v) is 11.6. The third kappa shape index (κ3) is 6.25. The maximum absolute atomic E-state index is 13.9. The monoisotopic (exact) mass is 795 g/mol. The van der Waals surface area contributed by atoms with Crippen molar-refractivity contribution in [1.82, 2.24) is 39.6 Å². The van der Waals surface area contributed by atoms with E-state index in [-0.39, 0.29) is 33.7 Å². The molecule has 2 aromatic carbocycles. The fourth-order valence-corrected chi connectivity index (χ4v) is 8.66. The minimum atomic E-state index is -4.99. The summed E-state index contributed by atoms with van der Waals surface area (Å²) in [6, 6.07) is 12.2. The fraction of sp³-hybridized carbons (Fsp3) is 0.351. The zero-order chi connectivity index (χ0) is 39.0. The summed E-state index contributed by atoms with van der Waals surface area (Å²) in [7, 11) is 4.01. The number of fused-ring (bicyclic) bond motifs is 2. The maximum Gasteiger partial charge on any atom is 0.451 e. The van der Waals surface area contributed by atoms with Gasteiger partial charge in [0.05, 0.1) is 34.1 Å². The van der Waals surface area contributed by atoms with Crippen molar-refractivity contribution in [1.29, 1.82) is 0 Å². The summed E-state index contributed by atoms with van der Waals surface area (Å²) in [5.41, 5.74) is 1.90. The van der Waals surface area contributed by atoms with Crippen LogP contribution in [-0.4, -0.2) is 67.3 Å². The molecule has 18 heteroatoms. The van der Waals surface area contributed by atoms with E-state index in [0.29, 0.717) is 39.8 Å². The van der Waals surface area contributed by atoms with Crippen molar-refractivity contribution >= 4 is 51.8 Å². The number of alkyl halides is 3. The molecule has 0 saturated carbocycles. The Kier molecular flexibility index (Phi) is 9.04. The number of aryl methyl sites for hydroxylation is 2. The summed E-state index contributed by atoms with van der Waals surface area (Å²) in [6.07, 6.45) is -1.59. The van der Waals surface area contributed by atoms with Crippen LogP contribution in [0.3, 0.4) is 0 Å². The van der Waals surface area contributed by atoms with Gasteiger partial charge in [-0.25, -0.2) is 24.5 Å². The normalized spacial score (nSPS) is 19.8. The quantitative estimate of drug-likeness (QED) is 0.189. The molecule has 0 unspecified atom stereocenters.